The minimum absolute atomic E-state index is 0.00449. The SMILES string of the molecule is CCCCCOc1ccc(C2/C(=C(\O)c3ccc4c(c3)OCCO4)C(=O)C(=O)N2Cc2ccco2)cc1. The van der Waals surface area contributed by atoms with E-state index in [9.17, 15) is 14.7 Å². The number of carbonyl (C=O) groups excluding carboxylic acids is 2. The molecule has 1 atom stereocenters. The van der Waals surface area contributed by atoms with E-state index in [1.807, 2.05) is 24.3 Å². The van der Waals surface area contributed by atoms with E-state index >= 15 is 0 Å². The van der Waals surface area contributed by atoms with Gasteiger partial charge in [0.05, 0.1) is 31.0 Å². The van der Waals surface area contributed by atoms with Gasteiger partial charge in [-0.25, -0.2) is 0 Å². The monoisotopic (exact) mass is 503 g/mol. The first-order valence-corrected chi connectivity index (χ1v) is 12.5. The second-order valence-electron chi connectivity index (χ2n) is 8.99. The van der Waals surface area contributed by atoms with Gasteiger partial charge in [-0.3, -0.25) is 9.59 Å². The molecule has 2 aromatic carbocycles. The predicted octanol–water partition coefficient (Wildman–Crippen LogP) is 5.24. The van der Waals surface area contributed by atoms with Crippen molar-refractivity contribution in [1.82, 2.24) is 4.90 Å². The third-order valence-electron chi connectivity index (χ3n) is 6.47. The molecule has 192 valence electrons. The Balaban J connectivity index is 1.52. The van der Waals surface area contributed by atoms with Crippen LogP contribution in [0.4, 0.5) is 0 Å². The standard InChI is InChI=1S/C29H29NO7/c1-2-3-4-13-34-21-10-7-19(8-11-21)26-25(28(32)29(33)30(26)18-22-6-5-14-35-22)27(31)20-9-12-23-24(17-20)37-16-15-36-23/h5-12,14,17,26,31H,2-4,13,15-16,18H2,1H3/b27-25+. The zero-order valence-electron chi connectivity index (χ0n) is 20.6. The van der Waals surface area contributed by atoms with Crippen LogP contribution in [-0.2, 0) is 16.1 Å². The molecule has 0 radical (unpaired) electrons. The Kier molecular flexibility index (Phi) is 7.16. The van der Waals surface area contributed by atoms with Crippen LogP contribution >= 0.6 is 0 Å². The van der Waals surface area contributed by atoms with Gasteiger partial charge in [0.2, 0.25) is 0 Å². The predicted molar refractivity (Wildman–Crippen MR) is 135 cm³/mol. The van der Waals surface area contributed by atoms with Crippen LogP contribution in [-0.4, -0.2) is 41.5 Å². The zero-order valence-corrected chi connectivity index (χ0v) is 20.6. The molecule has 0 aliphatic carbocycles. The summed E-state index contributed by atoms with van der Waals surface area (Å²) in [6.07, 6.45) is 4.69. The van der Waals surface area contributed by atoms with Crippen molar-refractivity contribution >= 4 is 17.4 Å². The van der Waals surface area contributed by atoms with Crippen molar-refractivity contribution in [2.45, 2.75) is 38.8 Å². The third kappa shape index (κ3) is 5.05. The summed E-state index contributed by atoms with van der Waals surface area (Å²) in [6.45, 7) is 3.66. The number of amides is 1. The number of nitrogens with zero attached hydrogens (tertiary/aromatic N) is 1. The third-order valence-corrected chi connectivity index (χ3v) is 6.47. The van der Waals surface area contributed by atoms with Gasteiger partial charge in [0.15, 0.2) is 11.5 Å². The molecule has 1 N–H and O–H groups in total. The van der Waals surface area contributed by atoms with Crippen molar-refractivity contribution in [3.63, 3.8) is 0 Å². The summed E-state index contributed by atoms with van der Waals surface area (Å²) in [6, 6.07) is 14.9. The summed E-state index contributed by atoms with van der Waals surface area (Å²) < 4.78 is 22.5. The molecule has 3 aromatic rings. The first-order valence-electron chi connectivity index (χ1n) is 12.5. The molecule has 5 rings (SSSR count). The van der Waals surface area contributed by atoms with Gasteiger partial charge in [-0.05, 0) is 54.4 Å². The second kappa shape index (κ2) is 10.8. The minimum atomic E-state index is -0.813. The number of hydrogen-bond donors (Lipinski definition) is 1. The Morgan fingerprint density at radius 2 is 1.81 bits per heavy atom. The summed E-state index contributed by atoms with van der Waals surface area (Å²) in [4.78, 5) is 27.9. The highest BCUT2D eigenvalue weighted by atomic mass is 16.6. The van der Waals surface area contributed by atoms with E-state index in [-0.39, 0.29) is 17.9 Å². The summed E-state index contributed by atoms with van der Waals surface area (Å²) in [7, 11) is 0. The normalized spacial score (nSPS) is 18.3. The van der Waals surface area contributed by atoms with Crippen molar-refractivity contribution in [2.24, 2.45) is 0 Å². The van der Waals surface area contributed by atoms with Gasteiger partial charge in [-0.1, -0.05) is 31.9 Å². The lowest BCUT2D eigenvalue weighted by Gasteiger charge is -2.25. The molecule has 1 saturated heterocycles. The number of unbranched alkanes of at least 4 members (excludes halogenated alkanes) is 2. The highest BCUT2D eigenvalue weighted by Crippen LogP contribution is 2.42. The smallest absolute Gasteiger partial charge is 0.296 e. The van der Waals surface area contributed by atoms with Crippen LogP contribution in [0.15, 0.2) is 70.9 Å². The number of fused-ring (bicyclic) bond motifs is 1. The van der Waals surface area contributed by atoms with E-state index in [0.717, 1.165) is 19.3 Å². The maximum absolute atomic E-state index is 13.3. The van der Waals surface area contributed by atoms with Gasteiger partial charge >= 0.3 is 0 Å². The Morgan fingerprint density at radius 1 is 1.03 bits per heavy atom. The summed E-state index contributed by atoms with van der Waals surface area (Å²) in [5, 5.41) is 11.3. The number of ketones is 1. The van der Waals surface area contributed by atoms with Gasteiger partial charge in [-0.15, -0.1) is 0 Å². The number of furan rings is 1. The average molecular weight is 504 g/mol. The van der Waals surface area contributed by atoms with Gasteiger partial charge in [-0.2, -0.15) is 0 Å². The number of ether oxygens (including phenoxy) is 3. The van der Waals surface area contributed by atoms with Crippen molar-refractivity contribution in [3.8, 4) is 17.2 Å². The fourth-order valence-electron chi connectivity index (χ4n) is 4.59. The molecule has 8 heteroatoms. The van der Waals surface area contributed by atoms with Crippen molar-refractivity contribution in [2.75, 3.05) is 19.8 Å². The van der Waals surface area contributed by atoms with Crippen LogP contribution in [0.2, 0.25) is 0 Å². The first kappa shape index (κ1) is 24.5. The zero-order chi connectivity index (χ0) is 25.8. The van der Waals surface area contributed by atoms with Crippen LogP contribution in [0.3, 0.4) is 0 Å². The van der Waals surface area contributed by atoms with Crippen molar-refractivity contribution in [3.05, 3.63) is 83.3 Å². The van der Waals surface area contributed by atoms with Crippen LogP contribution in [0, 0.1) is 0 Å². The Bertz CT molecular complexity index is 1290. The summed E-state index contributed by atoms with van der Waals surface area (Å²) >= 11 is 0. The number of aliphatic hydroxyl groups is 1. The Morgan fingerprint density at radius 3 is 2.54 bits per heavy atom. The van der Waals surface area contributed by atoms with Gasteiger partial charge in [0.1, 0.15) is 30.5 Å². The Labute approximate surface area is 215 Å². The molecule has 1 amide bonds. The summed E-state index contributed by atoms with van der Waals surface area (Å²) in [5.41, 5.74) is 1.04. The molecule has 2 aliphatic heterocycles. The van der Waals surface area contributed by atoms with E-state index in [2.05, 4.69) is 6.92 Å². The van der Waals surface area contributed by atoms with Crippen molar-refractivity contribution in [1.29, 1.82) is 0 Å². The molecule has 1 unspecified atom stereocenters. The van der Waals surface area contributed by atoms with E-state index in [4.69, 9.17) is 18.6 Å². The number of rotatable bonds is 9. The molecule has 3 heterocycles. The Hall–Kier alpha value is -4.20. The lowest BCUT2D eigenvalue weighted by molar-refractivity contribution is -0.140. The lowest BCUT2D eigenvalue weighted by Crippen LogP contribution is -2.29. The highest BCUT2D eigenvalue weighted by Gasteiger charge is 2.46. The molecular formula is C29H29NO7. The molecule has 37 heavy (non-hydrogen) atoms. The maximum atomic E-state index is 13.3. The van der Waals surface area contributed by atoms with Crippen LogP contribution in [0.5, 0.6) is 17.2 Å². The van der Waals surface area contributed by atoms with E-state index in [1.54, 1.807) is 30.3 Å². The van der Waals surface area contributed by atoms with Crippen LogP contribution < -0.4 is 14.2 Å². The topological polar surface area (TPSA) is 98.4 Å². The molecule has 1 fully saturated rings. The van der Waals surface area contributed by atoms with E-state index < -0.39 is 17.7 Å². The van der Waals surface area contributed by atoms with Crippen LogP contribution in [0.1, 0.15) is 49.1 Å². The van der Waals surface area contributed by atoms with E-state index in [0.29, 0.717) is 54.0 Å². The number of benzene rings is 2. The maximum Gasteiger partial charge on any atom is 0.296 e. The average Bonchev–Trinajstić information content (AvgIpc) is 3.53. The van der Waals surface area contributed by atoms with E-state index in [1.165, 1.54) is 11.2 Å². The second-order valence-corrected chi connectivity index (χ2v) is 8.99. The summed E-state index contributed by atoms with van der Waals surface area (Å²) in [5.74, 6) is 0.525. The molecule has 8 nitrogen and oxygen atoms in total. The number of likely N-dealkylation sites (tertiary alicyclic amines) is 1. The largest absolute Gasteiger partial charge is 0.507 e. The number of carbonyl (C=O) groups is 2. The lowest BCUT2D eigenvalue weighted by atomic mass is 9.95. The highest BCUT2D eigenvalue weighted by molar-refractivity contribution is 6.46. The van der Waals surface area contributed by atoms with Crippen molar-refractivity contribution < 1.29 is 33.3 Å². The molecule has 0 saturated carbocycles. The number of hydrogen-bond acceptors (Lipinski definition) is 7. The van der Waals surface area contributed by atoms with Gasteiger partial charge < -0.3 is 28.6 Å². The molecule has 0 spiro atoms. The number of Topliss-reactive ketones (excluding diaryl/α,β-unsaturated/α-hetero) is 1. The van der Waals surface area contributed by atoms with Gasteiger partial charge in [0.25, 0.3) is 11.7 Å². The molecular weight excluding hydrogens is 474 g/mol. The number of aliphatic hydroxyl groups excluding tert-OH is 1. The fraction of sp³-hybridized carbons (Fsp3) is 0.310. The molecule has 0 bridgehead atoms. The fourth-order valence-corrected chi connectivity index (χ4v) is 4.59. The first-order chi connectivity index (χ1) is 18.1. The quantitative estimate of drug-likeness (QED) is 0.184. The van der Waals surface area contributed by atoms with Crippen LogP contribution in [0.25, 0.3) is 5.76 Å². The van der Waals surface area contributed by atoms with Gasteiger partial charge in [0, 0.05) is 5.56 Å². The minimum Gasteiger partial charge on any atom is -0.507 e. The molecule has 2 aliphatic rings. The molecule has 1 aromatic heterocycles.